The lowest BCUT2D eigenvalue weighted by Gasteiger charge is -2.23. The molecule has 2 saturated heterocycles. The molecule has 1 amide bonds. The Balaban J connectivity index is 1.80. The molecule has 2 heterocycles. The van der Waals surface area contributed by atoms with Crippen molar-refractivity contribution in [3.05, 3.63) is 35.6 Å². The van der Waals surface area contributed by atoms with E-state index in [1.54, 1.807) is 22.9 Å². The van der Waals surface area contributed by atoms with Crippen molar-refractivity contribution in [3.63, 3.8) is 0 Å². The highest BCUT2D eigenvalue weighted by Gasteiger charge is 2.38. The molecule has 0 bridgehead atoms. The van der Waals surface area contributed by atoms with Gasteiger partial charge < -0.3 is 5.11 Å². The Kier molecular flexibility index (Phi) is 4.27. The standard InChI is InChI=1S/C17H17FN2O6S2/c18-16-13-7-11(10-3-5-27(23,24)6-4-10)1-2-12(13)8-14(21)17(16)20-9-15(22)19-28(20,25)26/h1-2,7-8,10,21H,3-6,9H2,(H,19,22). The minimum Gasteiger partial charge on any atom is -0.506 e. The smallest absolute Gasteiger partial charge is 0.326 e. The number of sulfone groups is 1. The van der Waals surface area contributed by atoms with Gasteiger partial charge in [0.15, 0.2) is 5.82 Å². The first kappa shape index (κ1) is 18.9. The van der Waals surface area contributed by atoms with Crippen LogP contribution in [0.4, 0.5) is 10.1 Å². The molecule has 2 aromatic carbocycles. The van der Waals surface area contributed by atoms with Gasteiger partial charge in [0, 0.05) is 5.39 Å². The molecular formula is C17H17FN2O6S2. The molecule has 150 valence electrons. The molecule has 0 saturated carbocycles. The molecule has 0 atom stereocenters. The van der Waals surface area contributed by atoms with Crippen molar-refractivity contribution in [2.75, 3.05) is 22.4 Å². The Bertz CT molecular complexity index is 1200. The molecule has 2 aliphatic rings. The van der Waals surface area contributed by atoms with Crippen molar-refractivity contribution in [2.45, 2.75) is 18.8 Å². The molecule has 2 aromatic rings. The molecule has 0 aliphatic carbocycles. The first-order chi connectivity index (χ1) is 13.1. The zero-order valence-electron chi connectivity index (χ0n) is 14.6. The molecule has 2 aliphatic heterocycles. The number of hydrogen-bond donors (Lipinski definition) is 2. The Morgan fingerprint density at radius 2 is 1.79 bits per heavy atom. The second-order valence-corrected chi connectivity index (χ2v) is 10.9. The Morgan fingerprint density at radius 1 is 1.11 bits per heavy atom. The van der Waals surface area contributed by atoms with Crippen molar-refractivity contribution in [1.29, 1.82) is 0 Å². The minimum atomic E-state index is -4.28. The molecule has 0 spiro atoms. The first-order valence-corrected chi connectivity index (χ1v) is 11.8. The predicted molar refractivity (Wildman–Crippen MR) is 101 cm³/mol. The van der Waals surface area contributed by atoms with Crippen molar-refractivity contribution in [3.8, 4) is 5.75 Å². The average Bonchev–Trinajstić information content (AvgIpc) is 2.87. The molecule has 28 heavy (non-hydrogen) atoms. The summed E-state index contributed by atoms with van der Waals surface area (Å²) < 4.78 is 64.8. The van der Waals surface area contributed by atoms with E-state index in [0.29, 0.717) is 22.5 Å². The van der Waals surface area contributed by atoms with Crippen molar-refractivity contribution < 1.29 is 31.1 Å². The Labute approximate surface area is 161 Å². The van der Waals surface area contributed by atoms with Gasteiger partial charge in [-0.25, -0.2) is 21.8 Å². The third-order valence-electron chi connectivity index (χ3n) is 5.15. The summed E-state index contributed by atoms with van der Waals surface area (Å²) in [5, 5.41) is 10.6. The van der Waals surface area contributed by atoms with Gasteiger partial charge in [0.2, 0.25) is 0 Å². The lowest BCUT2D eigenvalue weighted by atomic mass is 9.91. The van der Waals surface area contributed by atoms with Gasteiger partial charge in [-0.05, 0) is 41.8 Å². The zero-order valence-corrected chi connectivity index (χ0v) is 16.2. The summed E-state index contributed by atoms with van der Waals surface area (Å²) in [6.07, 6.45) is 0.860. The Hall–Kier alpha value is -2.40. The van der Waals surface area contributed by atoms with Gasteiger partial charge in [0.25, 0.3) is 5.91 Å². The van der Waals surface area contributed by atoms with E-state index in [-0.39, 0.29) is 22.8 Å². The SMILES string of the molecule is O=C1CN(c2c(O)cc3ccc(C4CCS(=O)(=O)CC4)cc3c2F)S(=O)(=O)N1. The van der Waals surface area contributed by atoms with Crippen LogP contribution in [0.5, 0.6) is 5.75 Å². The maximum absolute atomic E-state index is 15.2. The van der Waals surface area contributed by atoms with Crippen LogP contribution < -0.4 is 9.03 Å². The largest absolute Gasteiger partial charge is 0.506 e. The fourth-order valence-electron chi connectivity index (χ4n) is 3.71. The van der Waals surface area contributed by atoms with Crippen LogP contribution in [0, 0.1) is 5.82 Å². The van der Waals surface area contributed by atoms with Crippen molar-refractivity contribution in [2.24, 2.45) is 0 Å². The molecule has 0 aromatic heterocycles. The lowest BCUT2D eigenvalue weighted by Crippen LogP contribution is -2.30. The second-order valence-electron chi connectivity index (χ2n) is 7.00. The summed E-state index contributed by atoms with van der Waals surface area (Å²) in [6, 6.07) is 6.14. The number of amides is 1. The van der Waals surface area contributed by atoms with Crippen LogP contribution in [-0.4, -0.2) is 45.9 Å². The second kappa shape index (κ2) is 6.31. The maximum atomic E-state index is 15.2. The van der Waals surface area contributed by atoms with Crippen molar-refractivity contribution in [1.82, 2.24) is 4.72 Å². The molecule has 0 radical (unpaired) electrons. The summed E-state index contributed by atoms with van der Waals surface area (Å²) in [5.41, 5.74) is 0.158. The summed E-state index contributed by atoms with van der Waals surface area (Å²) in [7, 11) is -7.31. The first-order valence-electron chi connectivity index (χ1n) is 8.56. The third kappa shape index (κ3) is 3.18. The fraction of sp³-hybridized carbons (Fsp3) is 0.353. The van der Waals surface area contributed by atoms with Gasteiger partial charge in [-0.2, -0.15) is 8.42 Å². The summed E-state index contributed by atoms with van der Waals surface area (Å²) in [6.45, 7) is -0.626. The molecule has 0 unspecified atom stereocenters. The maximum Gasteiger partial charge on any atom is 0.326 e. The number of carbonyl (C=O) groups excluding carboxylic acids is 1. The summed E-state index contributed by atoms with van der Waals surface area (Å²) in [4.78, 5) is 11.5. The van der Waals surface area contributed by atoms with Crippen LogP contribution >= 0.6 is 0 Å². The van der Waals surface area contributed by atoms with E-state index in [2.05, 4.69) is 0 Å². The highest BCUT2D eigenvalue weighted by molar-refractivity contribution is 7.92. The van der Waals surface area contributed by atoms with Gasteiger partial charge in [-0.3, -0.25) is 4.79 Å². The molecule has 8 nitrogen and oxygen atoms in total. The minimum absolute atomic E-state index is 0.0525. The monoisotopic (exact) mass is 428 g/mol. The number of hydrogen-bond acceptors (Lipinski definition) is 6. The number of nitrogens with zero attached hydrogens (tertiary/aromatic N) is 1. The normalized spacial score (nSPS) is 21.8. The number of anilines is 1. The number of phenols is 1. The van der Waals surface area contributed by atoms with Gasteiger partial charge in [0.05, 0.1) is 11.5 Å². The van der Waals surface area contributed by atoms with Gasteiger partial charge in [-0.15, -0.1) is 0 Å². The van der Waals surface area contributed by atoms with E-state index in [1.807, 2.05) is 0 Å². The van der Waals surface area contributed by atoms with E-state index in [0.717, 1.165) is 5.56 Å². The topological polar surface area (TPSA) is 121 Å². The zero-order chi connectivity index (χ0) is 20.3. The van der Waals surface area contributed by atoms with Crippen LogP contribution in [0.3, 0.4) is 0 Å². The van der Waals surface area contributed by atoms with Crippen LogP contribution in [0.15, 0.2) is 24.3 Å². The number of benzene rings is 2. The van der Waals surface area contributed by atoms with Gasteiger partial charge in [-0.1, -0.05) is 12.1 Å². The van der Waals surface area contributed by atoms with Gasteiger partial charge >= 0.3 is 10.2 Å². The summed E-state index contributed by atoms with van der Waals surface area (Å²) in [5.74, 6) is -2.29. The molecule has 2 N–H and O–H groups in total. The number of rotatable bonds is 2. The molecule has 2 fully saturated rings. The van der Waals surface area contributed by atoms with E-state index < -0.39 is 49.8 Å². The number of nitrogens with one attached hydrogen (secondary N) is 1. The fourth-order valence-corrected chi connectivity index (χ4v) is 6.36. The van der Waals surface area contributed by atoms with Crippen LogP contribution in [0.2, 0.25) is 0 Å². The van der Waals surface area contributed by atoms with Gasteiger partial charge in [0.1, 0.15) is 27.8 Å². The third-order valence-corrected chi connectivity index (χ3v) is 8.25. The average molecular weight is 428 g/mol. The van der Waals surface area contributed by atoms with E-state index in [1.165, 1.54) is 6.07 Å². The quantitative estimate of drug-likeness (QED) is 0.740. The highest BCUT2D eigenvalue weighted by Crippen LogP contribution is 2.40. The predicted octanol–water partition coefficient (Wildman–Crippen LogP) is 1.16. The molecule has 4 rings (SSSR count). The number of aromatic hydroxyl groups is 1. The number of phenolic OH excluding ortho intramolecular Hbond substituents is 1. The van der Waals surface area contributed by atoms with Crippen LogP contribution in [0.1, 0.15) is 24.3 Å². The van der Waals surface area contributed by atoms with Crippen LogP contribution in [0.25, 0.3) is 10.8 Å². The number of carbonyl (C=O) groups is 1. The number of halogens is 1. The van der Waals surface area contributed by atoms with E-state index in [4.69, 9.17) is 0 Å². The summed E-state index contributed by atoms with van der Waals surface area (Å²) >= 11 is 0. The highest BCUT2D eigenvalue weighted by atomic mass is 32.2. The molecule has 11 heteroatoms. The molecular weight excluding hydrogens is 411 g/mol. The van der Waals surface area contributed by atoms with Crippen molar-refractivity contribution >= 4 is 42.4 Å². The lowest BCUT2D eigenvalue weighted by molar-refractivity contribution is -0.117. The Morgan fingerprint density at radius 3 is 2.39 bits per heavy atom. The number of fused-ring (bicyclic) bond motifs is 1. The van der Waals surface area contributed by atoms with Crippen LogP contribution in [-0.2, 0) is 24.8 Å². The van der Waals surface area contributed by atoms with E-state index in [9.17, 15) is 26.7 Å². The van der Waals surface area contributed by atoms with E-state index >= 15 is 4.39 Å².